The first-order valence-electron chi connectivity index (χ1n) is 8.68. The molecule has 3 atom stereocenters. The lowest BCUT2D eigenvalue weighted by Crippen LogP contribution is -2.36. The molecule has 2 aliphatic rings. The normalized spacial score (nSPS) is 25.0. The predicted molar refractivity (Wildman–Crippen MR) is 87.9 cm³/mol. The minimum atomic E-state index is -0.893. The molecule has 23 heavy (non-hydrogen) atoms. The molecule has 124 valence electrons. The van der Waals surface area contributed by atoms with Crippen molar-refractivity contribution in [3.05, 3.63) is 35.9 Å². The number of aliphatic carboxylic acids is 1. The van der Waals surface area contributed by atoms with Crippen LogP contribution in [-0.4, -0.2) is 35.0 Å². The van der Waals surface area contributed by atoms with Gasteiger partial charge in [0.2, 0.25) is 5.91 Å². The average molecular weight is 315 g/mol. The molecule has 4 nitrogen and oxygen atoms in total. The van der Waals surface area contributed by atoms with Crippen LogP contribution in [0.3, 0.4) is 0 Å². The molecule has 1 saturated carbocycles. The summed E-state index contributed by atoms with van der Waals surface area (Å²) in [4.78, 5) is 26.0. The average Bonchev–Trinajstić information content (AvgIpc) is 2.98. The Morgan fingerprint density at radius 3 is 2.26 bits per heavy atom. The van der Waals surface area contributed by atoms with Gasteiger partial charge in [0, 0.05) is 13.1 Å². The van der Waals surface area contributed by atoms with Crippen molar-refractivity contribution >= 4 is 11.9 Å². The second-order valence-corrected chi connectivity index (χ2v) is 7.03. The molecule has 1 aliphatic heterocycles. The molecular weight excluding hydrogens is 290 g/mol. The summed E-state index contributed by atoms with van der Waals surface area (Å²) in [5, 5.41) is 9.19. The second-order valence-electron chi connectivity index (χ2n) is 7.03. The molecule has 1 heterocycles. The quantitative estimate of drug-likeness (QED) is 0.909. The molecule has 0 aromatic heterocycles. The van der Waals surface area contributed by atoms with Gasteiger partial charge in [-0.25, -0.2) is 0 Å². The number of carboxylic acids is 1. The number of benzene rings is 1. The topological polar surface area (TPSA) is 57.6 Å². The molecule has 0 bridgehead atoms. The van der Waals surface area contributed by atoms with Gasteiger partial charge in [0.1, 0.15) is 0 Å². The number of nitrogens with zero attached hydrogens (tertiary/aromatic N) is 1. The van der Waals surface area contributed by atoms with Crippen LogP contribution >= 0.6 is 0 Å². The number of carboxylic acid groups (broad SMARTS) is 1. The van der Waals surface area contributed by atoms with Crippen LogP contribution in [0.5, 0.6) is 0 Å². The summed E-state index contributed by atoms with van der Waals surface area (Å²) in [6, 6.07) is 9.73. The number of hydrogen-bond donors (Lipinski definition) is 1. The van der Waals surface area contributed by atoms with Crippen LogP contribution in [0.15, 0.2) is 30.3 Å². The van der Waals surface area contributed by atoms with Gasteiger partial charge in [0.25, 0.3) is 0 Å². The number of carbonyl (C=O) groups excluding carboxylic acids is 1. The molecule has 1 amide bonds. The van der Waals surface area contributed by atoms with Crippen LogP contribution in [0.1, 0.15) is 37.7 Å². The van der Waals surface area contributed by atoms with E-state index in [4.69, 9.17) is 0 Å². The maximum Gasteiger partial charge on any atom is 0.304 e. The Hall–Kier alpha value is -1.84. The van der Waals surface area contributed by atoms with Crippen molar-refractivity contribution in [3.8, 4) is 0 Å². The zero-order chi connectivity index (χ0) is 16.2. The lowest BCUT2D eigenvalue weighted by atomic mass is 9.82. The first kappa shape index (κ1) is 16.0. The standard InChI is InChI=1S/C19H25NO3/c21-18(22)11-17(10-14-6-2-1-3-7-14)19(23)20-12-15-8-4-5-9-16(15)13-20/h1-3,6-7,15-17H,4-5,8-13H2,(H,21,22). The van der Waals surface area contributed by atoms with Gasteiger partial charge in [0.05, 0.1) is 12.3 Å². The van der Waals surface area contributed by atoms with Gasteiger partial charge in [-0.05, 0) is 36.7 Å². The van der Waals surface area contributed by atoms with Crippen LogP contribution in [0.25, 0.3) is 0 Å². The predicted octanol–water partition coefficient (Wildman–Crippen LogP) is 2.97. The lowest BCUT2D eigenvalue weighted by Gasteiger charge is -2.23. The summed E-state index contributed by atoms with van der Waals surface area (Å²) in [5.74, 6) is -0.0404. The highest BCUT2D eigenvalue weighted by Gasteiger charge is 2.38. The number of likely N-dealkylation sites (tertiary alicyclic amines) is 1. The van der Waals surface area contributed by atoms with Crippen molar-refractivity contribution in [2.45, 2.75) is 38.5 Å². The molecule has 1 N–H and O–H groups in total. The highest BCUT2D eigenvalue weighted by Crippen LogP contribution is 2.36. The fraction of sp³-hybridized carbons (Fsp3) is 0.579. The van der Waals surface area contributed by atoms with E-state index in [1.807, 2.05) is 35.2 Å². The summed E-state index contributed by atoms with van der Waals surface area (Å²) >= 11 is 0. The van der Waals surface area contributed by atoms with Crippen LogP contribution in [0.2, 0.25) is 0 Å². The number of hydrogen-bond acceptors (Lipinski definition) is 2. The highest BCUT2D eigenvalue weighted by atomic mass is 16.4. The van der Waals surface area contributed by atoms with Crippen molar-refractivity contribution in [1.29, 1.82) is 0 Å². The molecule has 2 fully saturated rings. The minimum absolute atomic E-state index is 0.0330. The smallest absolute Gasteiger partial charge is 0.304 e. The first-order valence-corrected chi connectivity index (χ1v) is 8.68. The van der Waals surface area contributed by atoms with Crippen LogP contribution < -0.4 is 0 Å². The van der Waals surface area contributed by atoms with E-state index in [0.29, 0.717) is 18.3 Å². The van der Waals surface area contributed by atoms with Gasteiger partial charge in [-0.2, -0.15) is 0 Å². The van der Waals surface area contributed by atoms with Crippen molar-refractivity contribution in [1.82, 2.24) is 4.90 Å². The fourth-order valence-electron chi connectivity index (χ4n) is 4.20. The van der Waals surface area contributed by atoms with Gasteiger partial charge in [-0.3, -0.25) is 9.59 Å². The highest BCUT2D eigenvalue weighted by molar-refractivity contribution is 5.83. The number of fused-ring (bicyclic) bond motifs is 1. The van der Waals surface area contributed by atoms with E-state index >= 15 is 0 Å². The van der Waals surface area contributed by atoms with Crippen molar-refractivity contribution in [2.24, 2.45) is 17.8 Å². The Labute approximate surface area is 137 Å². The largest absolute Gasteiger partial charge is 0.481 e. The van der Waals surface area contributed by atoms with Crippen LogP contribution in [-0.2, 0) is 16.0 Å². The van der Waals surface area contributed by atoms with Gasteiger partial charge < -0.3 is 10.0 Å². The third-order valence-corrected chi connectivity index (χ3v) is 5.38. The van der Waals surface area contributed by atoms with E-state index in [2.05, 4.69) is 0 Å². The summed E-state index contributed by atoms with van der Waals surface area (Å²) in [6.07, 6.45) is 5.41. The number of carbonyl (C=O) groups is 2. The SMILES string of the molecule is O=C(O)CC(Cc1ccccc1)C(=O)N1CC2CCCCC2C1. The monoisotopic (exact) mass is 315 g/mol. The van der Waals surface area contributed by atoms with Crippen molar-refractivity contribution in [2.75, 3.05) is 13.1 Å². The summed E-state index contributed by atoms with van der Waals surface area (Å²) in [7, 11) is 0. The fourth-order valence-corrected chi connectivity index (χ4v) is 4.20. The number of rotatable bonds is 5. The minimum Gasteiger partial charge on any atom is -0.481 e. The van der Waals surface area contributed by atoms with E-state index < -0.39 is 11.9 Å². The summed E-state index contributed by atoms with van der Waals surface area (Å²) in [5.41, 5.74) is 1.03. The maximum atomic E-state index is 12.9. The van der Waals surface area contributed by atoms with Gasteiger partial charge in [-0.15, -0.1) is 0 Å². The van der Waals surface area contributed by atoms with E-state index in [9.17, 15) is 14.7 Å². The van der Waals surface area contributed by atoms with Gasteiger partial charge >= 0.3 is 5.97 Å². The zero-order valence-corrected chi connectivity index (χ0v) is 13.5. The molecular formula is C19H25NO3. The Bertz CT molecular complexity index is 543. The Morgan fingerprint density at radius 2 is 1.70 bits per heavy atom. The zero-order valence-electron chi connectivity index (χ0n) is 13.5. The van der Waals surface area contributed by atoms with E-state index in [1.54, 1.807) is 0 Å². The van der Waals surface area contributed by atoms with E-state index in [-0.39, 0.29) is 12.3 Å². The third kappa shape index (κ3) is 3.92. The van der Waals surface area contributed by atoms with Crippen LogP contribution in [0, 0.1) is 17.8 Å². The van der Waals surface area contributed by atoms with Gasteiger partial charge in [-0.1, -0.05) is 43.2 Å². The molecule has 0 radical (unpaired) electrons. The molecule has 0 spiro atoms. The summed E-state index contributed by atoms with van der Waals surface area (Å²) < 4.78 is 0. The van der Waals surface area contributed by atoms with Crippen LogP contribution in [0.4, 0.5) is 0 Å². The summed E-state index contributed by atoms with van der Waals surface area (Å²) in [6.45, 7) is 1.66. The van der Waals surface area contributed by atoms with E-state index in [1.165, 1.54) is 25.7 Å². The van der Waals surface area contributed by atoms with Gasteiger partial charge in [0.15, 0.2) is 0 Å². The molecule has 1 aromatic rings. The molecule has 1 aliphatic carbocycles. The molecule has 1 saturated heterocycles. The van der Waals surface area contributed by atoms with E-state index in [0.717, 1.165) is 18.7 Å². The van der Waals surface area contributed by atoms with Crippen molar-refractivity contribution < 1.29 is 14.7 Å². The first-order chi connectivity index (χ1) is 11.1. The second kappa shape index (κ2) is 7.16. The molecule has 4 heteroatoms. The van der Waals surface area contributed by atoms with Crippen molar-refractivity contribution in [3.63, 3.8) is 0 Å². The Morgan fingerprint density at radius 1 is 1.09 bits per heavy atom. The molecule has 1 aromatic carbocycles. The number of amides is 1. The maximum absolute atomic E-state index is 12.9. The third-order valence-electron chi connectivity index (χ3n) is 5.38. The molecule has 3 rings (SSSR count). The lowest BCUT2D eigenvalue weighted by molar-refractivity contribution is -0.144. The Kier molecular flexibility index (Phi) is 4.99. The molecule has 3 unspecified atom stereocenters. The Balaban J connectivity index is 1.68.